The number of hydrogen-bond donors (Lipinski definition) is 1. The SMILES string of the molecule is COC(=O)Cc1nc(CN)c(C(F)F)cc1I. The third kappa shape index (κ3) is 3.56. The molecule has 0 saturated carbocycles. The summed E-state index contributed by atoms with van der Waals surface area (Å²) in [5.74, 6) is -0.469. The molecule has 1 heterocycles. The van der Waals surface area contributed by atoms with Gasteiger partial charge in [-0.1, -0.05) is 0 Å². The van der Waals surface area contributed by atoms with Crippen molar-refractivity contribution < 1.29 is 18.3 Å². The van der Waals surface area contributed by atoms with Crippen molar-refractivity contribution in [3.8, 4) is 0 Å². The molecule has 0 saturated heterocycles. The van der Waals surface area contributed by atoms with E-state index in [0.717, 1.165) is 0 Å². The first-order valence-electron chi connectivity index (χ1n) is 4.72. The Labute approximate surface area is 111 Å². The molecule has 0 aliphatic heterocycles. The molecule has 0 fully saturated rings. The van der Waals surface area contributed by atoms with E-state index in [4.69, 9.17) is 5.73 Å². The van der Waals surface area contributed by atoms with E-state index < -0.39 is 12.4 Å². The van der Waals surface area contributed by atoms with Crippen molar-refractivity contribution in [1.29, 1.82) is 0 Å². The van der Waals surface area contributed by atoms with Gasteiger partial charge in [-0.2, -0.15) is 0 Å². The third-order valence-electron chi connectivity index (χ3n) is 2.13. The molecule has 0 atom stereocenters. The van der Waals surface area contributed by atoms with E-state index in [-0.39, 0.29) is 24.2 Å². The predicted molar refractivity (Wildman–Crippen MR) is 65.5 cm³/mol. The summed E-state index contributed by atoms with van der Waals surface area (Å²) in [4.78, 5) is 15.1. The van der Waals surface area contributed by atoms with E-state index in [2.05, 4.69) is 9.72 Å². The molecule has 4 nitrogen and oxygen atoms in total. The first-order valence-corrected chi connectivity index (χ1v) is 5.80. The van der Waals surface area contributed by atoms with E-state index in [9.17, 15) is 13.6 Å². The van der Waals surface area contributed by atoms with Gasteiger partial charge in [-0.25, -0.2) is 8.78 Å². The van der Waals surface area contributed by atoms with Gasteiger partial charge in [0.2, 0.25) is 0 Å². The van der Waals surface area contributed by atoms with Gasteiger partial charge in [0, 0.05) is 15.7 Å². The highest BCUT2D eigenvalue weighted by Gasteiger charge is 2.18. The first-order chi connectivity index (χ1) is 7.99. The van der Waals surface area contributed by atoms with Crippen molar-refractivity contribution in [1.82, 2.24) is 4.98 Å². The summed E-state index contributed by atoms with van der Waals surface area (Å²) < 4.78 is 30.3. The zero-order valence-corrected chi connectivity index (χ0v) is 11.2. The second kappa shape index (κ2) is 6.20. The van der Waals surface area contributed by atoms with Crippen LogP contribution >= 0.6 is 22.6 Å². The molecule has 0 aromatic carbocycles. The smallest absolute Gasteiger partial charge is 0.311 e. The Morgan fingerprint density at radius 2 is 2.24 bits per heavy atom. The molecule has 0 amide bonds. The molecule has 1 aromatic rings. The molecule has 0 spiro atoms. The summed E-state index contributed by atoms with van der Waals surface area (Å²) >= 11 is 1.86. The topological polar surface area (TPSA) is 65.2 Å². The van der Waals surface area contributed by atoms with E-state index in [1.54, 1.807) is 0 Å². The Bertz CT molecular complexity index is 427. The number of esters is 1. The molecule has 1 rings (SSSR count). The highest BCUT2D eigenvalue weighted by molar-refractivity contribution is 14.1. The van der Waals surface area contributed by atoms with Crippen LogP contribution < -0.4 is 5.73 Å². The average Bonchev–Trinajstić information content (AvgIpc) is 2.30. The maximum atomic E-state index is 12.7. The van der Waals surface area contributed by atoms with Crippen LogP contribution in [-0.2, 0) is 22.5 Å². The molecular formula is C10H11F2IN2O2. The van der Waals surface area contributed by atoms with Crippen LogP contribution in [0.1, 0.15) is 23.4 Å². The second-order valence-corrected chi connectivity index (χ2v) is 4.37. The van der Waals surface area contributed by atoms with Crippen LogP contribution in [0.25, 0.3) is 0 Å². The van der Waals surface area contributed by atoms with Gasteiger partial charge in [0.05, 0.1) is 24.9 Å². The number of nitrogens with two attached hydrogens (primary N) is 1. The van der Waals surface area contributed by atoms with Crippen molar-refractivity contribution in [2.75, 3.05) is 7.11 Å². The van der Waals surface area contributed by atoms with E-state index >= 15 is 0 Å². The second-order valence-electron chi connectivity index (χ2n) is 3.21. The number of aromatic nitrogens is 1. The predicted octanol–water partition coefficient (Wildman–Crippen LogP) is 1.80. The maximum absolute atomic E-state index is 12.7. The molecule has 0 radical (unpaired) electrons. The van der Waals surface area contributed by atoms with Gasteiger partial charge in [0.15, 0.2) is 0 Å². The highest BCUT2D eigenvalue weighted by Crippen LogP contribution is 2.25. The molecule has 1 aromatic heterocycles. The number of rotatable bonds is 4. The minimum atomic E-state index is -2.62. The van der Waals surface area contributed by atoms with E-state index in [0.29, 0.717) is 9.26 Å². The number of ether oxygens (including phenoxy) is 1. The fourth-order valence-corrected chi connectivity index (χ4v) is 1.92. The number of alkyl halides is 2. The minimum Gasteiger partial charge on any atom is -0.469 e. The lowest BCUT2D eigenvalue weighted by Gasteiger charge is -2.10. The highest BCUT2D eigenvalue weighted by atomic mass is 127. The summed E-state index contributed by atoms with van der Waals surface area (Å²) in [5, 5.41) is 0. The summed E-state index contributed by atoms with van der Waals surface area (Å²) in [6, 6.07) is 1.30. The Kier molecular flexibility index (Phi) is 5.19. The van der Waals surface area contributed by atoms with Gasteiger partial charge >= 0.3 is 5.97 Å². The van der Waals surface area contributed by atoms with Gasteiger partial charge in [-0.05, 0) is 28.7 Å². The van der Waals surface area contributed by atoms with Gasteiger partial charge < -0.3 is 10.5 Å². The quantitative estimate of drug-likeness (QED) is 0.660. The number of pyridine rings is 1. The number of methoxy groups -OCH3 is 1. The van der Waals surface area contributed by atoms with Crippen molar-refractivity contribution in [2.45, 2.75) is 19.4 Å². The van der Waals surface area contributed by atoms with Gasteiger partial charge in [-0.3, -0.25) is 9.78 Å². The van der Waals surface area contributed by atoms with Crippen LogP contribution in [0.4, 0.5) is 8.78 Å². The fourth-order valence-electron chi connectivity index (χ4n) is 1.27. The Balaban J connectivity index is 3.13. The van der Waals surface area contributed by atoms with Crippen LogP contribution in [0, 0.1) is 3.57 Å². The summed E-state index contributed by atoms with van der Waals surface area (Å²) in [5.41, 5.74) is 5.68. The maximum Gasteiger partial charge on any atom is 0.311 e. The molecule has 94 valence electrons. The largest absolute Gasteiger partial charge is 0.469 e. The Morgan fingerprint density at radius 3 is 2.71 bits per heavy atom. The lowest BCUT2D eigenvalue weighted by Crippen LogP contribution is -2.13. The van der Waals surface area contributed by atoms with Gasteiger partial charge in [0.25, 0.3) is 6.43 Å². The van der Waals surface area contributed by atoms with Crippen LogP contribution in [0.15, 0.2) is 6.07 Å². The number of nitrogens with zero attached hydrogens (tertiary/aromatic N) is 1. The van der Waals surface area contributed by atoms with Crippen molar-refractivity contribution in [2.24, 2.45) is 5.73 Å². The number of carbonyl (C=O) groups is 1. The zero-order chi connectivity index (χ0) is 13.0. The van der Waals surface area contributed by atoms with Crippen molar-refractivity contribution in [3.63, 3.8) is 0 Å². The molecule has 17 heavy (non-hydrogen) atoms. The summed E-state index contributed by atoms with van der Waals surface area (Å²) in [6.45, 7) is -0.0925. The number of carbonyl (C=O) groups excluding carboxylic acids is 1. The lowest BCUT2D eigenvalue weighted by atomic mass is 10.1. The third-order valence-corrected chi connectivity index (χ3v) is 3.06. The van der Waals surface area contributed by atoms with Crippen LogP contribution in [-0.4, -0.2) is 18.1 Å². The summed E-state index contributed by atoms with van der Waals surface area (Å²) in [7, 11) is 1.26. The van der Waals surface area contributed by atoms with Gasteiger partial charge in [0.1, 0.15) is 0 Å². The monoisotopic (exact) mass is 356 g/mol. The first kappa shape index (κ1) is 14.2. The van der Waals surface area contributed by atoms with Crippen LogP contribution in [0.2, 0.25) is 0 Å². The molecular weight excluding hydrogens is 345 g/mol. The summed E-state index contributed by atoms with van der Waals surface area (Å²) in [6.07, 6.45) is -2.67. The fraction of sp³-hybridized carbons (Fsp3) is 0.400. The Morgan fingerprint density at radius 1 is 1.59 bits per heavy atom. The zero-order valence-electron chi connectivity index (χ0n) is 9.04. The molecule has 2 N–H and O–H groups in total. The molecule has 7 heteroatoms. The minimum absolute atomic E-state index is 0.0503. The van der Waals surface area contributed by atoms with E-state index in [1.165, 1.54) is 13.2 Å². The van der Waals surface area contributed by atoms with Crippen molar-refractivity contribution in [3.05, 3.63) is 26.6 Å². The molecule has 0 aliphatic carbocycles. The molecule has 0 aliphatic rings. The van der Waals surface area contributed by atoms with Gasteiger partial charge in [-0.15, -0.1) is 0 Å². The lowest BCUT2D eigenvalue weighted by molar-refractivity contribution is -0.139. The van der Waals surface area contributed by atoms with Crippen molar-refractivity contribution >= 4 is 28.6 Å². The Hall–Kier alpha value is -0.830. The van der Waals surface area contributed by atoms with E-state index in [1.807, 2.05) is 22.6 Å². The standard InChI is InChI=1S/C10H11F2IN2O2/c1-17-9(16)3-7-6(13)2-5(10(11)12)8(4-14)15-7/h2,10H,3-4,14H2,1H3. The molecule has 0 unspecified atom stereocenters. The average molecular weight is 356 g/mol. The van der Waals surface area contributed by atoms with Crippen LogP contribution in [0.5, 0.6) is 0 Å². The number of hydrogen-bond acceptors (Lipinski definition) is 4. The molecule has 0 bridgehead atoms. The normalized spacial score (nSPS) is 10.7. The van der Waals surface area contributed by atoms with Crippen LogP contribution in [0.3, 0.4) is 0 Å². The number of halogens is 3.